The first-order valence-electron chi connectivity index (χ1n) is 6.96. The van der Waals surface area contributed by atoms with Gasteiger partial charge in [0, 0.05) is 32.7 Å². The van der Waals surface area contributed by atoms with Gasteiger partial charge in [0.25, 0.3) is 10.2 Å². The maximum Gasteiger partial charge on any atom is 0.279 e. The minimum absolute atomic E-state index is 0.506. The highest BCUT2D eigenvalue weighted by atomic mass is 32.2. The molecule has 108 valence electrons. The van der Waals surface area contributed by atoms with E-state index >= 15 is 0 Å². The third-order valence-electron chi connectivity index (χ3n) is 3.50. The van der Waals surface area contributed by atoms with Gasteiger partial charge in [0.1, 0.15) is 0 Å². The van der Waals surface area contributed by atoms with Gasteiger partial charge in [-0.15, -0.1) is 0 Å². The van der Waals surface area contributed by atoms with Gasteiger partial charge >= 0.3 is 0 Å². The Balaban J connectivity index is 2.32. The van der Waals surface area contributed by atoms with Crippen molar-refractivity contribution in [2.75, 3.05) is 39.3 Å². The summed E-state index contributed by atoms with van der Waals surface area (Å²) >= 11 is 0. The second-order valence-corrected chi connectivity index (χ2v) is 6.79. The van der Waals surface area contributed by atoms with E-state index < -0.39 is 10.2 Å². The number of likely N-dealkylation sites (tertiary alicyclic amines) is 1. The van der Waals surface area contributed by atoms with Crippen LogP contribution in [0.4, 0.5) is 0 Å². The number of nitrogens with one attached hydrogen (secondary N) is 1. The maximum absolute atomic E-state index is 11.9. The molecule has 0 aromatic carbocycles. The fourth-order valence-electron chi connectivity index (χ4n) is 2.48. The number of piperidine rings is 1. The van der Waals surface area contributed by atoms with E-state index in [-0.39, 0.29) is 0 Å². The highest BCUT2D eigenvalue weighted by Gasteiger charge is 2.19. The molecule has 1 atom stereocenters. The smallest absolute Gasteiger partial charge is 0.279 e. The first-order valence-corrected chi connectivity index (χ1v) is 8.40. The van der Waals surface area contributed by atoms with Crippen molar-refractivity contribution in [2.45, 2.75) is 33.6 Å². The van der Waals surface area contributed by atoms with Crippen LogP contribution in [-0.4, -0.2) is 56.9 Å². The molecule has 0 spiro atoms. The Morgan fingerprint density at radius 1 is 1.33 bits per heavy atom. The minimum Gasteiger partial charge on any atom is -0.302 e. The first kappa shape index (κ1) is 15.9. The molecular formula is C12H27N3O2S. The molecule has 0 aromatic rings. The van der Waals surface area contributed by atoms with Gasteiger partial charge in [-0.1, -0.05) is 20.8 Å². The van der Waals surface area contributed by atoms with Gasteiger partial charge in [-0.2, -0.15) is 12.7 Å². The average molecular weight is 277 g/mol. The number of hydrogen-bond acceptors (Lipinski definition) is 3. The molecule has 1 saturated heterocycles. The second kappa shape index (κ2) is 7.43. The van der Waals surface area contributed by atoms with E-state index in [0.29, 0.717) is 19.6 Å². The van der Waals surface area contributed by atoms with Crippen LogP contribution in [0.25, 0.3) is 0 Å². The Hall–Kier alpha value is -0.170. The summed E-state index contributed by atoms with van der Waals surface area (Å²) in [5.74, 6) is 0.734. The van der Waals surface area contributed by atoms with Crippen LogP contribution < -0.4 is 4.72 Å². The van der Waals surface area contributed by atoms with E-state index in [0.717, 1.165) is 25.6 Å². The molecule has 6 heteroatoms. The predicted octanol–water partition coefficient (Wildman–Crippen LogP) is 0.895. The monoisotopic (exact) mass is 277 g/mol. The molecule has 1 N–H and O–H groups in total. The van der Waals surface area contributed by atoms with E-state index in [4.69, 9.17) is 0 Å². The maximum atomic E-state index is 11.9. The van der Waals surface area contributed by atoms with Crippen molar-refractivity contribution >= 4 is 10.2 Å². The zero-order valence-corrected chi connectivity index (χ0v) is 12.7. The van der Waals surface area contributed by atoms with Crippen LogP contribution in [0.15, 0.2) is 0 Å². The summed E-state index contributed by atoms with van der Waals surface area (Å²) in [6.07, 6.45) is 2.52. The highest BCUT2D eigenvalue weighted by Crippen LogP contribution is 2.14. The molecule has 0 amide bonds. The molecular weight excluding hydrogens is 250 g/mol. The van der Waals surface area contributed by atoms with E-state index in [2.05, 4.69) is 16.5 Å². The van der Waals surface area contributed by atoms with Gasteiger partial charge in [-0.05, 0) is 25.3 Å². The average Bonchev–Trinajstić information content (AvgIpc) is 2.30. The van der Waals surface area contributed by atoms with Gasteiger partial charge < -0.3 is 4.90 Å². The first-order chi connectivity index (χ1) is 8.49. The van der Waals surface area contributed by atoms with Gasteiger partial charge in [-0.25, -0.2) is 4.72 Å². The summed E-state index contributed by atoms with van der Waals surface area (Å²) in [4.78, 5) is 2.35. The van der Waals surface area contributed by atoms with Crippen molar-refractivity contribution in [3.05, 3.63) is 0 Å². The Labute approximate surface area is 112 Å². The zero-order chi connectivity index (χ0) is 13.6. The second-order valence-electron chi connectivity index (χ2n) is 5.03. The van der Waals surface area contributed by atoms with Crippen LogP contribution in [0, 0.1) is 5.92 Å². The summed E-state index contributed by atoms with van der Waals surface area (Å²) in [5.41, 5.74) is 0. The van der Waals surface area contributed by atoms with Gasteiger partial charge in [0.15, 0.2) is 0 Å². The van der Waals surface area contributed by atoms with Crippen molar-refractivity contribution in [3.8, 4) is 0 Å². The molecule has 0 aromatic heterocycles. The predicted molar refractivity (Wildman–Crippen MR) is 74.7 cm³/mol. The lowest BCUT2D eigenvalue weighted by Crippen LogP contribution is -2.45. The highest BCUT2D eigenvalue weighted by molar-refractivity contribution is 7.87. The van der Waals surface area contributed by atoms with Crippen molar-refractivity contribution < 1.29 is 8.42 Å². The van der Waals surface area contributed by atoms with Gasteiger partial charge in [0.2, 0.25) is 0 Å². The van der Waals surface area contributed by atoms with Crippen LogP contribution >= 0.6 is 0 Å². The molecule has 0 saturated carbocycles. The summed E-state index contributed by atoms with van der Waals surface area (Å²) in [5, 5.41) is 0. The zero-order valence-electron chi connectivity index (χ0n) is 11.9. The normalized spacial score (nSPS) is 22.6. The topological polar surface area (TPSA) is 52.7 Å². The standard InChI is InChI=1S/C12H27N3O2S/c1-4-15(5-2)18(16,17)13-8-10-14-9-6-7-12(3)11-14/h12-13H,4-11H2,1-3H3/t12-/m0/s1. The van der Waals surface area contributed by atoms with Gasteiger partial charge in [0.05, 0.1) is 0 Å². The Morgan fingerprint density at radius 2 is 2.00 bits per heavy atom. The largest absolute Gasteiger partial charge is 0.302 e. The SMILES string of the molecule is CCN(CC)S(=O)(=O)NCCN1CCC[C@H](C)C1. The molecule has 0 radical (unpaired) electrons. The summed E-state index contributed by atoms with van der Waals surface area (Å²) in [7, 11) is -3.28. The molecule has 1 heterocycles. The summed E-state index contributed by atoms with van der Waals surface area (Å²) in [6, 6.07) is 0. The van der Waals surface area contributed by atoms with Crippen molar-refractivity contribution in [3.63, 3.8) is 0 Å². The summed E-state index contributed by atoms with van der Waals surface area (Å²) in [6.45, 7) is 10.5. The van der Waals surface area contributed by atoms with E-state index in [1.54, 1.807) is 0 Å². The lowest BCUT2D eigenvalue weighted by atomic mass is 10.0. The molecule has 1 rings (SSSR count). The Kier molecular flexibility index (Phi) is 6.55. The van der Waals surface area contributed by atoms with Crippen LogP contribution in [-0.2, 0) is 10.2 Å². The molecule has 0 aliphatic carbocycles. The molecule has 1 fully saturated rings. The number of nitrogens with zero attached hydrogens (tertiary/aromatic N) is 2. The van der Waals surface area contributed by atoms with E-state index in [1.165, 1.54) is 17.1 Å². The van der Waals surface area contributed by atoms with E-state index in [9.17, 15) is 8.42 Å². The fourth-order valence-corrected chi connectivity index (χ4v) is 3.69. The molecule has 0 unspecified atom stereocenters. The lowest BCUT2D eigenvalue weighted by molar-refractivity contribution is 0.187. The number of rotatable bonds is 7. The fraction of sp³-hybridized carbons (Fsp3) is 1.00. The van der Waals surface area contributed by atoms with Crippen molar-refractivity contribution in [1.82, 2.24) is 13.9 Å². The van der Waals surface area contributed by atoms with Crippen molar-refractivity contribution in [2.24, 2.45) is 5.92 Å². The minimum atomic E-state index is -3.28. The van der Waals surface area contributed by atoms with Gasteiger partial charge in [-0.3, -0.25) is 0 Å². The molecule has 0 bridgehead atoms. The molecule has 5 nitrogen and oxygen atoms in total. The lowest BCUT2D eigenvalue weighted by Gasteiger charge is -2.31. The van der Waals surface area contributed by atoms with Crippen LogP contribution in [0.3, 0.4) is 0 Å². The Bertz CT molecular complexity index is 328. The van der Waals surface area contributed by atoms with Crippen LogP contribution in [0.1, 0.15) is 33.6 Å². The molecule has 1 aliphatic heterocycles. The third kappa shape index (κ3) is 4.84. The molecule has 1 aliphatic rings. The number of hydrogen-bond donors (Lipinski definition) is 1. The van der Waals surface area contributed by atoms with Crippen molar-refractivity contribution in [1.29, 1.82) is 0 Å². The van der Waals surface area contributed by atoms with Crippen LogP contribution in [0.2, 0.25) is 0 Å². The quantitative estimate of drug-likeness (QED) is 0.752. The molecule has 18 heavy (non-hydrogen) atoms. The Morgan fingerprint density at radius 3 is 2.56 bits per heavy atom. The summed E-state index contributed by atoms with van der Waals surface area (Å²) < 4.78 is 27.9. The third-order valence-corrected chi connectivity index (χ3v) is 5.26. The van der Waals surface area contributed by atoms with Crippen LogP contribution in [0.5, 0.6) is 0 Å². The van der Waals surface area contributed by atoms with E-state index in [1.807, 2.05) is 13.8 Å².